The van der Waals surface area contributed by atoms with Gasteiger partial charge >= 0.3 is 0 Å². The van der Waals surface area contributed by atoms with Gasteiger partial charge in [-0.1, -0.05) is 24.3 Å². The van der Waals surface area contributed by atoms with Crippen LogP contribution in [0.2, 0.25) is 0 Å². The Morgan fingerprint density at radius 1 is 0.952 bits per heavy atom. The first-order valence-corrected chi connectivity index (χ1v) is 6.52. The lowest BCUT2D eigenvalue weighted by Crippen LogP contribution is -2.18. The highest BCUT2D eigenvalue weighted by Crippen LogP contribution is 2.20. The van der Waals surface area contributed by atoms with E-state index in [9.17, 15) is 17.6 Å². The van der Waals surface area contributed by atoms with Gasteiger partial charge in [0.2, 0.25) is 0 Å². The molecule has 1 unspecified atom stereocenters. The average Bonchev–Trinajstić information content (AvgIpc) is 2.48. The summed E-state index contributed by atoms with van der Waals surface area (Å²) in [6, 6.07) is 9.56. The highest BCUT2D eigenvalue weighted by Gasteiger charge is 2.10. The Kier molecular flexibility index (Phi) is 4.96. The maximum Gasteiger partial charge on any atom is 0.263 e. The Hall–Kier alpha value is -1.88. The van der Waals surface area contributed by atoms with Crippen molar-refractivity contribution in [3.05, 3.63) is 70.8 Å². The second kappa shape index (κ2) is 6.72. The van der Waals surface area contributed by atoms with Crippen LogP contribution < -0.4 is 5.32 Å². The first kappa shape index (κ1) is 15.5. The highest BCUT2D eigenvalue weighted by atomic mass is 19.3. The maximum absolute atomic E-state index is 13.2. The topological polar surface area (TPSA) is 12.0 Å². The number of halogens is 4. The summed E-state index contributed by atoms with van der Waals surface area (Å²) in [4.78, 5) is 0. The average molecular weight is 297 g/mol. The first-order chi connectivity index (χ1) is 9.97. The second-order valence-electron chi connectivity index (χ2n) is 4.82. The zero-order valence-corrected chi connectivity index (χ0v) is 11.4. The van der Waals surface area contributed by atoms with E-state index in [0.717, 1.165) is 12.1 Å². The van der Waals surface area contributed by atoms with Gasteiger partial charge < -0.3 is 5.32 Å². The molecule has 1 N–H and O–H groups in total. The third-order valence-corrected chi connectivity index (χ3v) is 3.26. The Balaban J connectivity index is 2.02. The van der Waals surface area contributed by atoms with Crippen molar-refractivity contribution in [1.82, 2.24) is 5.32 Å². The van der Waals surface area contributed by atoms with E-state index < -0.39 is 18.1 Å². The number of nitrogens with one attached hydrogen (secondary N) is 1. The minimum atomic E-state index is -2.51. The van der Waals surface area contributed by atoms with Crippen LogP contribution in [0.1, 0.15) is 36.1 Å². The van der Waals surface area contributed by atoms with Gasteiger partial charge in [-0.2, -0.15) is 0 Å². The van der Waals surface area contributed by atoms with Crippen LogP contribution in [0, 0.1) is 11.6 Å². The molecule has 0 aliphatic heterocycles. The largest absolute Gasteiger partial charge is 0.306 e. The van der Waals surface area contributed by atoms with E-state index in [1.54, 1.807) is 19.1 Å². The molecule has 112 valence electrons. The minimum Gasteiger partial charge on any atom is -0.306 e. The van der Waals surface area contributed by atoms with Crippen molar-refractivity contribution in [3.63, 3.8) is 0 Å². The molecule has 21 heavy (non-hydrogen) atoms. The van der Waals surface area contributed by atoms with Crippen LogP contribution in [0.4, 0.5) is 17.6 Å². The summed E-state index contributed by atoms with van der Waals surface area (Å²) < 4.78 is 51.2. The number of benzene rings is 2. The molecule has 1 atom stereocenters. The smallest absolute Gasteiger partial charge is 0.263 e. The van der Waals surface area contributed by atoms with E-state index in [4.69, 9.17) is 0 Å². The molecule has 0 spiro atoms. The molecule has 0 fully saturated rings. The molecule has 0 radical (unpaired) electrons. The predicted molar refractivity (Wildman–Crippen MR) is 73.0 cm³/mol. The molecule has 0 saturated carbocycles. The molecule has 2 aromatic carbocycles. The van der Waals surface area contributed by atoms with Gasteiger partial charge in [-0.15, -0.1) is 0 Å². The van der Waals surface area contributed by atoms with Crippen molar-refractivity contribution in [2.75, 3.05) is 0 Å². The lowest BCUT2D eigenvalue weighted by molar-refractivity contribution is 0.151. The second-order valence-corrected chi connectivity index (χ2v) is 4.82. The van der Waals surface area contributed by atoms with Crippen molar-refractivity contribution in [2.45, 2.75) is 25.9 Å². The zero-order chi connectivity index (χ0) is 15.4. The van der Waals surface area contributed by atoms with E-state index in [1.165, 1.54) is 18.2 Å². The van der Waals surface area contributed by atoms with Crippen LogP contribution in [0.15, 0.2) is 42.5 Å². The van der Waals surface area contributed by atoms with E-state index in [-0.39, 0.29) is 11.6 Å². The van der Waals surface area contributed by atoms with E-state index in [1.807, 2.05) is 0 Å². The van der Waals surface area contributed by atoms with Crippen LogP contribution in [-0.2, 0) is 6.54 Å². The summed E-state index contributed by atoms with van der Waals surface area (Å²) in [7, 11) is 0. The first-order valence-electron chi connectivity index (χ1n) is 6.52. The van der Waals surface area contributed by atoms with Gasteiger partial charge in [-0.3, -0.25) is 0 Å². The molecule has 2 aromatic rings. The molecule has 0 saturated heterocycles. The number of alkyl halides is 2. The summed E-state index contributed by atoms with van der Waals surface area (Å²) in [6.07, 6.45) is -2.51. The predicted octanol–water partition coefficient (Wildman–Crippen LogP) is 4.75. The lowest BCUT2D eigenvalue weighted by Gasteiger charge is -2.15. The van der Waals surface area contributed by atoms with Crippen molar-refractivity contribution < 1.29 is 17.6 Å². The quantitative estimate of drug-likeness (QED) is 0.785. The fraction of sp³-hybridized carbons (Fsp3) is 0.250. The fourth-order valence-electron chi connectivity index (χ4n) is 2.01. The van der Waals surface area contributed by atoms with Crippen molar-refractivity contribution in [1.29, 1.82) is 0 Å². The Morgan fingerprint density at radius 3 is 2.38 bits per heavy atom. The lowest BCUT2D eigenvalue weighted by atomic mass is 10.1. The molecule has 1 nitrogen and oxygen atoms in total. The van der Waals surface area contributed by atoms with Crippen molar-refractivity contribution in [3.8, 4) is 0 Å². The number of hydrogen-bond donors (Lipinski definition) is 1. The Bertz CT molecular complexity index is 613. The SMILES string of the molecule is CC(NCc1cccc(C(F)F)c1)c1ccc(F)c(F)c1. The molecule has 0 heterocycles. The van der Waals surface area contributed by atoms with Gasteiger partial charge in [-0.25, -0.2) is 17.6 Å². The summed E-state index contributed by atoms with van der Waals surface area (Å²) in [5, 5.41) is 3.09. The van der Waals surface area contributed by atoms with Crippen molar-refractivity contribution >= 4 is 0 Å². The van der Waals surface area contributed by atoms with Crippen LogP contribution in [0.25, 0.3) is 0 Å². The Morgan fingerprint density at radius 2 is 1.71 bits per heavy atom. The monoisotopic (exact) mass is 297 g/mol. The van der Waals surface area contributed by atoms with E-state index in [2.05, 4.69) is 5.32 Å². The zero-order valence-electron chi connectivity index (χ0n) is 11.4. The van der Waals surface area contributed by atoms with Gasteiger partial charge in [0, 0.05) is 18.2 Å². The molecule has 2 rings (SSSR count). The van der Waals surface area contributed by atoms with Gasteiger partial charge in [0.15, 0.2) is 11.6 Å². The molecular formula is C16H15F4N. The summed E-state index contributed by atoms with van der Waals surface area (Å²) in [5.41, 5.74) is 1.27. The van der Waals surface area contributed by atoms with Crippen LogP contribution in [0.5, 0.6) is 0 Å². The summed E-state index contributed by atoms with van der Waals surface area (Å²) in [6.45, 7) is 2.16. The fourth-order valence-corrected chi connectivity index (χ4v) is 2.01. The molecule has 0 aromatic heterocycles. The summed E-state index contributed by atoms with van der Waals surface area (Å²) in [5.74, 6) is -1.79. The highest BCUT2D eigenvalue weighted by molar-refractivity contribution is 5.25. The maximum atomic E-state index is 13.2. The molecule has 0 amide bonds. The van der Waals surface area contributed by atoms with E-state index >= 15 is 0 Å². The molecular weight excluding hydrogens is 282 g/mol. The van der Waals surface area contributed by atoms with Gasteiger partial charge in [0.25, 0.3) is 6.43 Å². The number of hydrogen-bond acceptors (Lipinski definition) is 1. The number of rotatable bonds is 5. The van der Waals surface area contributed by atoms with E-state index in [0.29, 0.717) is 17.7 Å². The third-order valence-electron chi connectivity index (χ3n) is 3.26. The third kappa shape index (κ3) is 4.04. The van der Waals surface area contributed by atoms with Crippen molar-refractivity contribution in [2.24, 2.45) is 0 Å². The molecule has 0 aliphatic rings. The summed E-state index contributed by atoms with van der Waals surface area (Å²) >= 11 is 0. The minimum absolute atomic E-state index is 0.0326. The standard InChI is InChI=1S/C16H15F4N/c1-10(12-5-6-14(17)15(18)8-12)21-9-11-3-2-4-13(7-11)16(19)20/h2-8,10,16,21H,9H2,1H3. The molecule has 0 aliphatic carbocycles. The van der Waals surface area contributed by atoms with Crippen LogP contribution >= 0.6 is 0 Å². The van der Waals surface area contributed by atoms with Crippen LogP contribution in [-0.4, -0.2) is 0 Å². The van der Waals surface area contributed by atoms with Gasteiger partial charge in [0.1, 0.15) is 0 Å². The normalized spacial score (nSPS) is 12.7. The Labute approximate surface area is 120 Å². The van der Waals surface area contributed by atoms with Gasteiger partial charge in [0.05, 0.1) is 0 Å². The molecule has 0 bridgehead atoms. The van der Waals surface area contributed by atoms with Gasteiger partial charge in [-0.05, 0) is 36.2 Å². The molecule has 5 heteroatoms. The van der Waals surface area contributed by atoms with Crippen LogP contribution in [0.3, 0.4) is 0 Å².